The number of imide groups is 1. The Labute approximate surface area is 133 Å². The average molecular weight is 403 g/mol. The zero-order valence-electron chi connectivity index (χ0n) is 10.8. The Kier molecular flexibility index (Phi) is 4.89. The molecule has 1 heterocycles. The quantitative estimate of drug-likeness (QED) is 0.332. The van der Waals surface area contributed by atoms with E-state index in [4.69, 9.17) is 4.84 Å². The van der Waals surface area contributed by atoms with Crippen LogP contribution in [0.15, 0.2) is 24.3 Å². The first-order valence-electron chi connectivity index (χ1n) is 6.07. The van der Waals surface area contributed by atoms with E-state index in [1.54, 1.807) is 34.7 Å². The van der Waals surface area contributed by atoms with Gasteiger partial charge in [0.05, 0.1) is 5.56 Å². The molecule has 1 aromatic rings. The molecule has 0 atom stereocenters. The van der Waals surface area contributed by atoms with Gasteiger partial charge >= 0.3 is 5.97 Å². The number of carbonyl (C=O) groups excluding carboxylic acids is 4. The maximum absolute atomic E-state index is 11.9. The predicted octanol–water partition coefficient (Wildman–Crippen LogP) is -2.87. The lowest BCUT2D eigenvalue weighted by Gasteiger charge is -2.12. The lowest BCUT2D eigenvalue weighted by atomic mass is 10.2. The van der Waals surface area contributed by atoms with E-state index in [0.29, 0.717) is 15.2 Å². The van der Waals surface area contributed by atoms with E-state index in [9.17, 15) is 19.2 Å². The van der Waals surface area contributed by atoms with Gasteiger partial charge in [-0.05, 0) is 18.2 Å². The molecule has 0 saturated carbocycles. The standard InChI is InChI=1S/C13H11IN2O5/c14-7-10(17)15-9-3-1-2-8(6-9)13(20)21-16-11(18)4-5-12(16)19/h1-3,6,14H,4-5,7H2/p+1. The van der Waals surface area contributed by atoms with E-state index < -0.39 is 17.8 Å². The van der Waals surface area contributed by atoms with Crippen LogP contribution in [0.4, 0.5) is 5.69 Å². The van der Waals surface area contributed by atoms with Gasteiger partial charge in [-0.1, -0.05) is 6.07 Å². The van der Waals surface area contributed by atoms with Crippen LogP contribution in [0.2, 0.25) is 0 Å². The summed E-state index contributed by atoms with van der Waals surface area (Å²) in [5.41, 5.74) is 0.578. The van der Waals surface area contributed by atoms with Gasteiger partial charge in [0.25, 0.3) is 40.3 Å². The van der Waals surface area contributed by atoms with Crippen molar-refractivity contribution < 1.29 is 46.6 Å². The fourth-order valence-electron chi connectivity index (χ4n) is 1.71. The number of alkyl halides is 1. The molecule has 1 aromatic carbocycles. The normalized spacial score (nSPS) is 14.2. The van der Waals surface area contributed by atoms with Crippen molar-refractivity contribution in [1.29, 1.82) is 0 Å². The highest BCUT2D eigenvalue weighted by molar-refractivity contribution is 6.03. The summed E-state index contributed by atoms with van der Waals surface area (Å²) >= 11 is 1.64. The third-order valence-corrected chi connectivity index (χ3v) is 3.44. The molecule has 1 fully saturated rings. The van der Waals surface area contributed by atoms with Gasteiger partial charge < -0.3 is 10.2 Å². The zero-order chi connectivity index (χ0) is 15.4. The second-order valence-electron chi connectivity index (χ2n) is 4.23. The lowest BCUT2D eigenvalue weighted by Crippen LogP contribution is -3.36. The van der Waals surface area contributed by atoms with Gasteiger partial charge in [-0.25, -0.2) is 4.79 Å². The van der Waals surface area contributed by atoms with Gasteiger partial charge in [-0.3, -0.25) is 14.4 Å². The van der Waals surface area contributed by atoms with Gasteiger partial charge in [0, 0.05) is 18.5 Å². The summed E-state index contributed by atoms with van der Waals surface area (Å²) in [7, 11) is 0. The molecule has 1 N–H and O–H groups in total. The fourth-order valence-corrected chi connectivity index (χ4v) is 1.92. The summed E-state index contributed by atoms with van der Waals surface area (Å²) in [6.07, 6.45) is 0.0813. The molecular formula is C13H12IN2O5+. The zero-order valence-corrected chi connectivity index (χ0v) is 13.2. The van der Waals surface area contributed by atoms with Crippen LogP contribution in [-0.2, 0) is 19.2 Å². The van der Waals surface area contributed by atoms with Crippen LogP contribution in [0.1, 0.15) is 23.2 Å². The maximum atomic E-state index is 11.9. The summed E-state index contributed by atoms with van der Waals surface area (Å²) in [6, 6.07) is 6.07. The highest BCUT2D eigenvalue weighted by Gasteiger charge is 2.33. The number of benzene rings is 1. The number of amides is 3. The minimum absolute atomic E-state index is 0.0407. The van der Waals surface area contributed by atoms with E-state index in [1.165, 1.54) is 12.1 Å². The van der Waals surface area contributed by atoms with Crippen molar-refractivity contribution in [2.75, 3.05) is 9.74 Å². The molecule has 0 bridgehead atoms. The summed E-state index contributed by atoms with van der Waals surface area (Å²) in [5, 5.41) is 3.09. The summed E-state index contributed by atoms with van der Waals surface area (Å²) in [4.78, 5) is 50.8. The van der Waals surface area contributed by atoms with E-state index in [2.05, 4.69) is 5.32 Å². The van der Waals surface area contributed by atoms with Crippen molar-refractivity contribution in [3.8, 4) is 0 Å². The summed E-state index contributed by atoms with van der Waals surface area (Å²) in [5.74, 6) is -2.09. The molecule has 3 amide bonds. The molecule has 0 unspecified atom stereocenters. The predicted molar refractivity (Wildman–Crippen MR) is 67.8 cm³/mol. The van der Waals surface area contributed by atoms with Crippen LogP contribution in [0, 0.1) is 0 Å². The number of hydroxylamine groups is 2. The van der Waals surface area contributed by atoms with Gasteiger partial charge in [-0.15, -0.1) is 5.06 Å². The second kappa shape index (κ2) is 6.66. The number of hydrogen-bond donors (Lipinski definition) is 1. The molecule has 0 radical (unpaired) electrons. The number of rotatable bonds is 4. The maximum Gasteiger partial charge on any atom is 0.363 e. The highest BCUT2D eigenvalue weighted by Crippen LogP contribution is 2.16. The monoisotopic (exact) mass is 403 g/mol. The Bertz CT molecular complexity index is 600. The number of nitrogens with one attached hydrogen (secondary N) is 1. The Balaban J connectivity index is 2.09. The molecule has 0 aromatic heterocycles. The van der Waals surface area contributed by atoms with Gasteiger partial charge in [0.2, 0.25) is 4.43 Å². The van der Waals surface area contributed by atoms with Crippen molar-refractivity contribution >= 4 is 29.4 Å². The first-order chi connectivity index (χ1) is 10.0. The Morgan fingerprint density at radius 2 is 1.90 bits per heavy atom. The van der Waals surface area contributed by atoms with Gasteiger partial charge in [0.1, 0.15) is 0 Å². The Morgan fingerprint density at radius 3 is 2.52 bits per heavy atom. The number of anilines is 1. The summed E-state index contributed by atoms with van der Waals surface area (Å²) < 4.78 is 0.321. The molecule has 2 rings (SSSR count). The van der Waals surface area contributed by atoms with Gasteiger partial charge in [-0.2, -0.15) is 0 Å². The lowest BCUT2D eigenvalue weighted by molar-refractivity contribution is -0.353. The molecule has 21 heavy (non-hydrogen) atoms. The third kappa shape index (κ3) is 3.78. The van der Waals surface area contributed by atoms with E-state index in [-0.39, 0.29) is 24.3 Å². The fraction of sp³-hybridized carbons (Fsp3) is 0.231. The Hall–Kier alpha value is -1.97. The van der Waals surface area contributed by atoms with Crippen molar-refractivity contribution in [3.63, 3.8) is 0 Å². The SMILES string of the molecule is O=C(C[IH+])Nc1cccc(C(=O)ON2C(=O)CCC2=O)c1. The van der Waals surface area contributed by atoms with E-state index >= 15 is 0 Å². The van der Waals surface area contributed by atoms with Crippen molar-refractivity contribution in [2.45, 2.75) is 12.8 Å². The van der Waals surface area contributed by atoms with Crippen LogP contribution in [0.5, 0.6) is 0 Å². The molecule has 0 aliphatic carbocycles. The molecule has 8 heteroatoms. The average Bonchev–Trinajstić information content (AvgIpc) is 2.79. The molecule has 1 aliphatic rings. The van der Waals surface area contributed by atoms with E-state index in [0.717, 1.165) is 0 Å². The van der Waals surface area contributed by atoms with Crippen LogP contribution < -0.4 is 27.9 Å². The van der Waals surface area contributed by atoms with Crippen molar-refractivity contribution in [3.05, 3.63) is 29.8 Å². The third-order valence-electron chi connectivity index (χ3n) is 2.69. The minimum atomic E-state index is -0.827. The minimum Gasteiger partial charge on any atom is -0.325 e. The summed E-state index contributed by atoms with van der Waals surface area (Å²) in [6.45, 7) is 0. The molecule has 0 spiro atoms. The van der Waals surface area contributed by atoms with Crippen molar-refractivity contribution in [2.24, 2.45) is 0 Å². The van der Waals surface area contributed by atoms with Crippen LogP contribution in [-0.4, -0.2) is 33.2 Å². The topological polar surface area (TPSA) is 92.8 Å². The molecule has 1 aliphatic heterocycles. The largest absolute Gasteiger partial charge is 0.363 e. The number of halogens is 1. The van der Waals surface area contributed by atoms with Crippen molar-refractivity contribution in [1.82, 2.24) is 5.06 Å². The number of carbonyl (C=O) groups is 4. The smallest absolute Gasteiger partial charge is 0.325 e. The molecular weight excluding hydrogens is 391 g/mol. The van der Waals surface area contributed by atoms with Crippen LogP contribution >= 0.6 is 0 Å². The first kappa shape index (κ1) is 15.4. The number of hydrogen-bond acceptors (Lipinski definition) is 5. The van der Waals surface area contributed by atoms with Crippen LogP contribution in [0.25, 0.3) is 0 Å². The molecule has 7 nitrogen and oxygen atoms in total. The molecule has 110 valence electrons. The Morgan fingerprint density at radius 1 is 1.24 bits per heavy atom. The second-order valence-corrected chi connectivity index (χ2v) is 5.06. The first-order valence-corrected chi connectivity index (χ1v) is 7.72. The van der Waals surface area contributed by atoms with Crippen LogP contribution in [0.3, 0.4) is 0 Å². The van der Waals surface area contributed by atoms with Gasteiger partial charge in [0.15, 0.2) is 0 Å². The van der Waals surface area contributed by atoms with E-state index in [1.807, 2.05) is 0 Å². The highest BCUT2D eigenvalue weighted by atomic mass is 127. The number of nitrogens with zero attached hydrogens (tertiary/aromatic N) is 1. The molecule has 1 saturated heterocycles.